The average molecular weight is 978 g/mol. The van der Waals surface area contributed by atoms with Gasteiger partial charge in [-0.2, -0.15) is 0 Å². The molecule has 1 aliphatic heterocycles. The Labute approximate surface area is 427 Å². The minimum atomic E-state index is -1.58. The third-order valence-electron chi connectivity index (χ3n) is 12.6. The zero-order valence-corrected chi connectivity index (χ0v) is 44.2. The molecule has 400 valence electrons. The molecule has 0 bridgehead atoms. The molecule has 0 spiro atoms. The lowest BCUT2D eigenvalue weighted by Gasteiger charge is -2.40. The lowest BCUT2D eigenvalue weighted by Crippen LogP contribution is -2.60. The Bertz CT molecular complexity index is 1460. The number of carbonyl (C=O) groups excluding carboxylic acids is 1. The second-order valence-corrected chi connectivity index (χ2v) is 19.0. The Hall–Kier alpha value is -3.15. The number of ether oxygens (including phenoxy) is 2. The van der Waals surface area contributed by atoms with Crippen molar-refractivity contribution in [3.63, 3.8) is 0 Å². The van der Waals surface area contributed by atoms with E-state index in [0.29, 0.717) is 6.42 Å². The van der Waals surface area contributed by atoms with E-state index in [-0.39, 0.29) is 12.5 Å². The number of hydrogen-bond acceptors (Lipinski definition) is 8. The van der Waals surface area contributed by atoms with Crippen molar-refractivity contribution in [2.75, 3.05) is 13.2 Å². The van der Waals surface area contributed by atoms with Gasteiger partial charge in [-0.25, -0.2) is 0 Å². The molecule has 0 aromatic carbocycles. The standard InChI is InChI=1S/C61H103NO8/c1-3-5-7-9-11-13-15-17-19-21-23-25-26-27-28-29-30-31-33-35-37-39-41-43-45-47-49-51-57(65)62-54(53-69-61-60(68)59(67)58(66)56(52-63)70-61)55(64)50-48-46-44-42-40-38-36-34-32-24-22-20-18-16-14-12-10-8-6-4-2/h5,7,11,13,17,19,23,25,27-28,30-31,35,37,40,42,48,50,54-56,58-61,63-64,66-68H,3-4,6,8-10,12,14-16,18,20-22,24,26,29,32-34,36,38-39,41,43-47,49,51-53H2,1-2H3,(H,62,65)/b7-5-,13-11-,19-17-,25-23-,28-27-,31-30-,37-35-,42-40+,50-48+. The van der Waals surface area contributed by atoms with Crippen molar-refractivity contribution >= 4 is 5.91 Å². The Morgan fingerprint density at radius 2 is 0.900 bits per heavy atom. The van der Waals surface area contributed by atoms with Gasteiger partial charge in [-0.3, -0.25) is 4.79 Å². The van der Waals surface area contributed by atoms with Crippen molar-refractivity contribution in [2.24, 2.45) is 0 Å². The number of carbonyl (C=O) groups is 1. The summed E-state index contributed by atoms with van der Waals surface area (Å²) < 4.78 is 11.2. The van der Waals surface area contributed by atoms with E-state index in [1.54, 1.807) is 6.08 Å². The molecule has 9 nitrogen and oxygen atoms in total. The van der Waals surface area contributed by atoms with Crippen LogP contribution in [0.15, 0.2) is 109 Å². The second-order valence-electron chi connectivity index (χ2n) is 19.0. The summed E-state index contributed by atoms with van der Waals surface area (Å²) in [6.45, 7) is 3.63. The summed E-state index contributed by atoms with van der Waals surface area (Å²) in [6.07, 6.45) is 65.7. The molecular weight excluding hydrogens is 875 g/mol. The summed E-state index contributed by atoms with van der Waals surface area (Å²) in [6, 6.07) is -0.841. The molecule has 1 aliphatic rings. The fourth-order valence-electron chi connectivity index (χ4n) is 8.15. The van der Waals surface area contributed by atoms with Crippen LogP contribution in [0.4, 0.5) is 0 Å². The van der Waals surface area contributed by atoms with Crippen LogP contribution in [0.1, 0.15) is 213 Å². The number of hydrogen-bond donors (Lipinski definition) is 6. The largest absolute Gasteiger partial charge is 0.394 e. The number of allylic oxidation sites excluding steroid dienone is 17. The number of unbranched alkanes of at least 4 members (excludes halogenated alkanes) is 20. The van der Waals surface area contributed by atoms with Gasteiger partial charge in [0.25, 0.3) is 0 Å². The monoisotopic (exact) mass is 978 g/mol. The highest BCUT2D eigenvalue weighted by Crippen LogP contribution is 2.23. The molecule has 1 rings (SSSR count). The zero-order chi connectivity index (χ0) is 50.8. The third-order valence-corrected chi connectivity index (χ3v) is 12.6. The molecule has 7 atom stereocenters. The maximum Gasteiger partial charge on any atom is 0.220 e. The van der Waals surface area contributed by atoms with E-state index < -0.39 is 49.5 Å². The summed E-state index contributed by atoms with van der Waals surface area (Å²) in [4.78, 5) is 13.0. The number of rotatable bonds is 46. The molecule has 0 aromatic heterocycles. The van der Waals surface area contributed by atoms with Crippen molar-refractivity contribution < 1.29 is 39.8 Å². The van der Waals surface area contributed by atoms with E-state index >= 15 is 0 Å². The second kappa shape index (κ2) is 49.4. The number of aliphatic hydroxyl groups is 5. The van der Waals surface area contributed by atoms with Crippen LogP contribution in [0, 0.1) is 0 Å². The van der Waals surface area contributed by atoms with Gasteiger partial charge < -0.3 is 40.3 Å². The van der Waals surface area contributed by atoms with E-state index in [0.717, 1.165) is 103 Å². The summed E-state index contributed by atoms with van der Waals surface area (Å²) in [7, 11) is 0. The molecule has 1 saturated heterocycles. The maximum absolute atomic E-state index is 13.0. The summed E-state index contributed by atoms with van der Waals surface area (Å²) in [5.74, 6) is -0.210. The van der Waals surface area contributed by atoms with Crippen LogP contribution in [-0.2, 0) is 14.3 Å². The molecular formula is C61H103NO8. The average Bonchev–Trinajstić information content (AvgIpc) is 3.36. The lowest BCUT2D eigenvalue weighted by atomic mass is 9.99. The van der Waals surface area contributed by atoms with Gasteiger partial charge in [0.2, 0.25) is 5.91 Å². The highest BCUT2D eigenvalue weighted by atomic mass is 16.7. The SMILES string of the molecule is CC/C=C\C/C=C\C/C=C\C/C=C\C/C=C\C/C=C\C/C=C\CCCCCCCC(=O)NC(COC1OC(CO)C(O)C(O)C1O)C(O)/C=C/CC/C=C/CCCCCCCCCCCCCCCC. The van der Waals surface area contributed by atoms with Crippen LogP contribution in [0.5, 0.6) is 0 Å². The maximum atomic E-state index is 13.0. The molecule has 1 heterocycles. The van der Waals surface area contributed by atoms with Gasteiger partial charge in [0, 0.05) is 6.42 Å². The Balaban J connectivity index is 2.31. The highest BCUT2D eigenvalue weighted by Gasteiger charge is 2.44. The normalized spacial score (nSPS) is 20.2. The minimum Gasteiger partial charge on any atom is -0.394 e. The van der Waals surface area contributed by atoms with Crippen LogP contribution in [0.3, 0.4) is 0 Å². The van der Waals surface area contributed by atoms with Gasteiger partial charge >= 0.3 is 0 Å². The number of amides is 1. The summed E-state index contributed by atoms with van der Waals surface area (Å²) in [5, 5.41) is 54.4. The zero-order valence-electron chi connectivity index (χ0n) is 44.2. The summed E-state index contributed by atoms with van der Waals surface area (Å²) >= 11 is 0. The molecule has 7 unspecified atom stereocenters. The van der Waals surface area contributed by atoms with Crippen molar-refractivity contribution in [3.8, 4) is 0 Å². The van der Waals surface area contributed by atoms with Crippen molar-refractivity contribution in [1.82, 2.24) is 5.32 Å². The minimum absolute atomic E-state index is 0.210. The van der Waals surface area contributed by atoms with Gasteiger partial charge in [0.15, 0.2) is 6.29 Å². The first-order valence-corrected chi connectivity index (χ1v) is 28.1. The first kappa shape index (κ1) is 64.9. The fraction of sp³-hybridized carbons (Fsp3) is 0.689. The molecule has 70 heavy (non-hydrogen) atoms. The van der Waals surface area contributed by atoms with Crippen molar-refractivity contribution in [3.05, 3.63) is 109 Å². The van der Waals surface area contributed by atoms with E-state index in [1.165, 1.54) is 89.9 Å². The van der Waals surface area contributed by atoms with Crippen LogP contribution < -0.4 is 5.32 Å². The van der Waals surface area contributed by atoms with Crippen molar-refractivity contribution in [1.29, 1.82) is 0 Å². The topological polar surface area (TPSA) is 149 Å². The Kier molecular flexibility index (Phi) is 45.8. The smallest absolute Gasteiger partial charge is 0.220 e. The van der Waals surface area contributed by atoms with Crippen LogP contribution >= 0.6 is 0 Å². The first-order chi connectivity index (χ1) is 34.3. The highest BCUT2D eigenvalue weighted by molar-refractivity contribution is 5.76. The first-order valence-electron chi connectivity index (χ1n) is 28.1. The Morgan fingerprint density at radius 3 is 1.37 bits per heavy atom. The van der Waals surface area contributed by atoms with E-state index in [9.17, 15) is 30.3 Å². The van der Waals surface area contributed by atoms with Gasteiger partial charge in [0.1, 0.15) is 24.4 Å². The molecule has 1 fully saturated rings. The number of nitrogens with one attached hydrogen (secondary N) is 1. The lowest BCUT2D eigenvalue weighted by molar-refractivity contribution is -0.302. The molecule has 6 N–H and O–H groups in total. The molecule has 0 aromatic rings. The molecule has 0 aliphatic carbocycles. The van der Waals surface area contributed by atoms with E-state index in [2.05, 4.69) is 116 Å². The molecule has 9 heteroatoms. The molecule has 0 saturated carbocycles. The van der Waals surface area contributed by atoms with Gasteiger partial charge in [-0.15, -0.1) is 0 Å². The predicted octanol–water partition coefficient (Wildman–Crippen LogP) is 13.8. The van der Waals surface area contributed by atoms with Crippen LogP contribution in [0.25, 0.3) is 0 Å². The van der Waals surface area contributed by atoms with Crippen molar-refractivity contribution in [2.45, 2.75) is 256 Å². The van der Waals surface area contributed by atoms with E-state index in [1.807, 2.05) is 6.08 Å². The van der Waals surface area contributed by atoms with Crippen LogP contribution in [-0.4, -0.2) is 87.5 Å². The van der Waals surface area contributed by atoms with Gasteiger partial charge in [-0.05, 0) is 89.9 Å². The fourth-order valence-corrected chi connectivity index (χ4v) is 8.15. The molecule has 0 radical (unpaired) electrons. The Morgan fingerprint density at radius 1 is 0.500 bits per heavy atom. The van der Waals surface area contributed by atoms with E-state index in [4.69, 9.17) is 9.47 Å². The summed E-state index contributed by atoms with van der Waals surface area (Å²) in [5.41, 5.74) is 0. The van der Waals surface area contributed by atoms with Gasteiger partial charge in [-0.1, -0.05) is 226 Å². The van der Waals surface area contributed by atoms with Crippen LogP contribution in [0.2, 0.25) is 0 Å². The van der Waals surface area contributed by atoms with Gasteiger partial charge in [0.05, 0.1) is 25.4 Å². The predicted molar refractivity (Wildman–Crippen MR) is 294 cm³/mol. The quantitative estimate of drug-likeness (QED) is 0.0261. The third kappa shape index (κ3) is 38.5. The molecule has 1 amide bonds. The number of aliphatic hydroxyl groups excluding tert-OH is 5.